The van der Waals surface area contributed by atoms with Gasteiger partial charge in [0.2, 0.25) is 5.91 Å². The van der Waals surface area contributed by atoms with E-state index in [9.17, 15) is 9.90 Å². The standard InChI is InChI=1S/C16H25N3O2/c1-12-8-10-19(15(12)11-20)9-2-3-16(21)18-14-6-4-13(17)5-7-14/h4-7,12,15,20H,2-3,8-11,17H2,1H3,(H,18,21). The van der Waals surface area contributed by atoms with Gasteiger partial charge in [0.15, 0.2) is 0 Å². The van der Waals surface area contributed by atoms with Gasteiger partial charge < -0.3 is 16.2 Å². The zero-order valence-corrected chi connectivity index (χ0v) is 12.6. The lowest BCUT2D eigenvalue weighted by molar-refractivity contribution is -0.116. The maximum atomic E-state index is 11.9. The predicted molar refractivity (Wildman–Crippen MR) is 84.9 cm³/mol. The van der Waals surface area contributed by atoms with Crippen molar-refractivity contribution < 1.29 is 9.90 Å². The zero-order chi connectivity index (χ0) is 15.2. The summed E-state index contributed by atoms with van der Waals surface area (Å²) in [5, 5.41) is 12.3. The summed E-state index contributed by atoms with van der Waals surface area (Å²) in [6.07, 6.45) is 2.43. The largest absolute Gasteiger partial charge is 0.399 e. The number of hydrogen-bond acceptors (Lipinski definition) is 4. The summed E-state index contributed by atoms with van der Waals surface area (Å²) in [4.78, 5) is 14.2. The molecular formula is C16H25N3O2. The van der Waals surface area contributed by atoms with Gasteiger partial charge in [-0.1, -0.05) is 6.92 Å². The third-order valence-electron chi connectivity index (χ3n) is 4.23. The Balaban J connectivity index is 1.71. The number of carbonyl (C=O) groups is 1. The molecule has 2 unspecified atom stereocenters. The van der Waals surface area contributed by atoms with Crippen LogP contribution in [-0.2, 0) is 4.79 Å². The molecule has 5 nitrogen and oxygen atoms in total. The molecule has 0 aliphatic carbocycles. The average molecular weight is 291 g/mol. The second-order valence-corrected chi connectivity index (χ2v) is 5.83. The van der Waals surface area contributed by atoms with E-state index in [1.54, 1.807) is 24.3 Å². The highest BCUT2D eigenvalue weighted by Gasteiger charge is 2.29. The Morgan fingerprint density at radius 1 is 1.43 bits per heavy atom. The number of aliphatic hydroxyl groups is 1. The van der Waals surface area contributed by atoms with Crippen molar-refractivity contribution >= 4 is 17.3 Å². The van der Waals surface area contributed by atoms with Gasteiger partial charge in [0.05, 0.1) is 6.61 Å². The molecule has 2 atom stereocenters. The minimum atomic E-state index is 0.0209. The van der Waals surface area contributed by atoms with Crippen LogP contribution in [-0.4, -0.2) is 41.7 Å². The Bertz CT molecular complexity index is 461. The second kappa shape index (κ2) is 7.43. The molecule has 1 heterocycles. The number of nitrogens with zero attached hydrogens (tertiary/aromatic N) is 1. The predicted octanol–water partition coefficient (Wildman–Crippen LogP) is 1.69. The third kappa shape index (κ3) is 4.44. The van der Waals surface area contributed by atoms with Crippen molar-refractivity contribution in [2.45, 2.75) is 32.2 Å². The van der Waals surface area contributed by atoms with Crippen molar-refractivity contribution in [3.63, 3.8) is 0 Å². The normalized spacial score (nSPS) is 22.4. The number of benzene rings is 1. The van der Waals surface area contributed by atoms with E-state index in [1.165, 1.54) is 0 Å². The molecule has 1 aromatic carbocycles. The number of rotatable bonds is 6. The van der Waals surface area contributed by atoms with Crippen molar-refractivity contribution in [2.75, 3.05) is 30.7 Å². The molecule has 0 bridgehead atoms. The molecule has 0 spiro atoms. The van der Waals surface area contributed by atoms with Crippen molar-refractivity contribution in [3.8, 4) is 0 Å². The Labute approximate surface area is 126 Å². The van der Waals surface area contributed by atoms with E-state index in [1.807, 2.05) is 0 Å². The van der Waals surface area contributed by atoms with Crippen LogP contribution in [0.25, 0.3) is 0 Å². The monoisotopic (exact) mass is 291 g/mol. The first-order valence-corrected chi connectivity index (χ1v) is 7.60. The van der Waals surface area contributed by atoms with Gasteiger partial charge in [0.25, 0.3) is 0 Å². The quantitative estimate of drug-likeness (QED) is 0.697. The highest BCUT2D eigenvalue weighted by atomic mass is 16.3. The van der Waals surface area contributed by atoms with E-state index in [4.69, 9.17) is 5.73 Å². The van der Waals surface area contributed by atoms with Crippen LogP contribution in [0.4, 0.5) is 11.4 Å². The van der Waals surface area contributed by atoms with Crippen LogP contribution in [0.15, 0.2) is 24.3 Å². The SMILES string of the molecule is CC1CCN(CCCC(=O)Nc2ccc(N)cc2)C1CO. The fourth-order valence-corrected chi connectivity index (χ4v) is 2.89. The topological polar surface area (TPSA) is 78.6 Å². The van der Waals surface area contributed by atoms with Crippen LogP contribution >= 0.6 is 0 Å². The first kappa shape index (κ1) is 15.8. The van der Waals surface area contributed by atoms with E-state index < -0.39 is 0 Å². The molecule has 1 aromatic rings. The van der Waals surface area contributed by atoms with Gasteiger partial charge in [-0.25, -0.2) is 0 Å². The number of anilines is 2. The maximum Gasteiger partial charge on any atom is 0.224 e. The lowest BCUT2D eigenvalue weighted by atomic mass is 10.0. The Morgan fingerprint density at radius 3 is 2.81 bits per heavy atom. The molecule has 5 heteroatoms. The van der Waals surface area contributed by atoms with Gasteiger partial charge in [0.1, 0.15) is 0 Å². The molecule has 4 N–H and O–H groups in total. The Hall–Kier alpha value is -1.59. The molecule has 0 radical (unpaired) electrons. The van der Waals surface area contributed by atoms with Crippen LogP contribution in [0, 0.1) is 5.92 Å². The lowest BCUT2D eigenvalue weighted by Gasteiger charge is -2.24. The van der Waals surface area contributed by atoms with Crippen LogP contribution in [0.5, 0.6) is 0 Å². The maximum absolute atomic E-state index is 11.9. The Morgan fingerprint density at radius 2 is 2.14 bits per heavy atom. The first-order valence-electron chi connectivity index (χ1n) is 7.60. The highest BCUT2D eigenvalue weighted by Crippen LogP contribution is 2.23. The summed E-state index contributed by atoms with van der Waals surface area (Å²) >= 11 is 0. The molecular weight excluding hydrogens is 266 g/mol. The average Bonchev–Trinajstić information content (AvgIpc) is 2.82. The lowest BCUT2D eigenvalue weighted by Crippen LogP contribution is -2.36. The van der Waals surface area contributed by atoms with E-state index in [-0.39, 0.29) is 18.6 Å². The molecule has 1 aliphatic heterocycles. The number of likely N-dealkylation sites (tertiary alicyclic amines) is 1. The van der Waals surface area contributed by atoms with Gasteiger partial charge >= 0.3 is 0 Å². The molecule has 1 saturated heterocycles. The minimum absolute atomic E-state index is 0.0209. The van der Waals surface area contributed by atoms with Crippen molar-refractivity contribution in [1.29, 1.82) is 0 Å². The van der Waals surface area contributed by atoms with Crippen molar-refractivity contribution in [2.24, 2.45) is 5.92 Å². The van der Waals surface area contributed by atoms with Crippen molar-refractivity contribution in [3.05, 3.63) is 24.3 Å². The van der Waals surface area contributed by atoms with E-state index in [0.29, 0.717) is 18.0 Å². The van der Waals surface area contributed by atoms with E-state index in [0.717, 1.165) is 31.6 Å². The number of hydrogen-bond donors (Lipinski definition) is 3. The highest BCUT2D eigenvalue weighted by molar-refractivity contribution is 5.90. The molecule has 0 saturated carbocycles. The first-order chi connectivity index (χ1) is 10.1. The smallest absolute Gasteiger partial charge is 0.224 e. The van der Waals surface area contributed by atoms with Crippen LogP contribution < -0.4 is 11.1 Å². The summed E-state index contributed by atoms with van der Waals surface area (Å²) in [6.45, 7) is 4.27. The van der Waals surface area contributed by atoms with Crippen molar-refractivity contribution in [1.82, 2.24) is 4.90 Å². The van der Waals surface area contributed by atoms with Crippen LogP contribution in [0.3, 0.4) is 0 Å². The fourth-order valence-electron chi connectivity index (χ4n) is 2.89. The summed E-state index contributed by atoms with van der Waals surface area (Å²) in [5.41, 5.74) is 7.07. The number of nitrogens with one attached hydrogen (secondary N) is 1. The van der Waals surface area contributed by atoms with Crippen LogP contribution in [0.2, 0.25) is 0 Å². The number of amides is 1. The summed E-state index contributed by atoms with van der Waals surface area (Å²) < 4.78 is 0. The molecule has 1 amide bonds. The zero-order valence-electron chi connectivity index (χ0n) is 12.6. The van der Waals surface area contributed by atoms with Gasteiger partial charge in [-0.2, -0.15) is 0 Å². The fraction of sp³-hybridized carbons (Fsp3) is 0.562. The molecule has 0 aromatic heterocycles. The van der Waals surface area contributed by atoms with Gasteiger partial charge in [-0.3, -0.25) is 9.69 Å². The molecule has 116 valence electrons. The third-order valence-corrected chi connectivity index (χ3v) is 4.23. The van der Waals surface area contributed by atoms with E-state index >= 15 is 0 Å². The molecule has 1 aliphatic rings. The minimum Gasteiger partial charge on any atom is -0.399 e. The summed E-state index contributed by atoms with van der Waals surface area (Å²) in [5.74, 6) is 0.561. The summed E-state index contributed by atoms with van der Waals surface area (Å²) in [6, 6.07) is 7.40. The summed E-state index contributed by atoms with van der Waals surface area (Å²) in [7, 11) is 0. The molecule has 1 fully saturated rings. The number of carbonyl (C=O) groups excluding carboxylic acids is 1. The second-order valence-electron chi connectivity index (χ2n) is 5.83. The van der Waals surface area contributed by atoms with Gasteiger partial charge in [-0.05, 0) is 56.1 Å². The van der Waals surface area contributed by atoms with Gasteiger partial charge in [0, 0.05) is 23.8 Å². The molecule has 21 heavy (non-hydrogen) atoms. The number of nitrogens with two attached hydrogens (primary N) is 1. The number of nitrogen functional groups attached to an aromatic ring is 1. The Kier molecular flexibility index (Phi) is 5.59. The van der Waals surface area contributed by atoms with E-state index in [2.05, 4.69) is 17.1 Å². The van der Waals surface area contributed by atoms with Crippen LogP contribution in [0.1, 0.15) is 26.2 Å². The van der Waals surface area contributed by atoms with Gasteiger partial charge in [-0.15, -0.1) is 0 Å². The molecule has 2 rings (SSSR count). The number of aliphatic hydroxyl groups excluding tert-OH is 1.